The summed E-state index contributed by atoms with van der Waals surface area (Å²) in [5, 5.41) is 0. The van der Waals surface area contributed by atoms with Crippen molar-refractivity contribution >= 4 is 11.8 Å². The molecule has 0 atom stereocenters. The molecule has 0 aromatic heterocycles. The fourth-order valence-corrected chi connectivity index (χ4v) is 2.81. The summed E-state index contributed by atoms with van der Waals surface area (Å²) in [6, 6.07) is 6.01. The first-order chi connectivity index (χ1) is 12.0. The minimum Gasteiger partial charge on any atom is -0.381 e. The lowest BCUT2D eigenvalue weighted by Crippen LogP contribution is -2.37. The highest BCUT2D eigenvalue weighted by Gasteiger charge is 2.24. The first kappa shape index (κ1) is 19.4. The predicted octanol–water partition coefficient (Wildman–Crippen LogP) is 2.56. The second-order valence-electron chi connectivity index (χ2n) is 6.73. The van der Waals surface area contributed by atoms with Crippen LogP contribution in [0.2, 0.25) is 0 Å². The molecule has 0 spiro atoms. The van der Waals surface area contributed by atoms with Gasteiger partial charge in [0, 0.05) is 32.8 Å². The SMILES string of the molecule is CC(C)COCCC(=O)N1CCCN(C(=O)c2ccccc2F)CC1. The summed E-state index contributed by atoms with van der Waals surface area (Å²) in [4.78, 5) is 28.2. The van der Waals surface area contributed by atoms with Crippen molar-refractivity contribution in [3.8, 4) is 0 Å². The normalized spacial score (nSPS) is 15.4. The summed E-state index contributed by atoms with van der Waals surface area (Å²) in [6.07, 6.45) is 1.05. The van der Waals surface area contributed by atoms with Crippen LogP contribution in [0.25, 0.3) is 0 Å². The van der Waals surface area contributed by atoms with Crippen molar-refractivity contribution in [1.29, 1.82) is 0 Å². The molecule has 1 aromatic carbocycles. The number of ether oxygens (including phenoxy) is 1. The van der Waals surface area contributed by atoms with Gasteiger partial charge in [0.15, 0.2) is 0 Å². The Labute approximate surface area is 148 Å². The van der Waals surface area contributed by atoms with Crippen LogP contribution in [0.3, 0.4) is 0 Å². The molecule has 2 amide bonds. The van der Waals surface area contributed by atoms with Gasteiger partial charge >= 0.3 is 0 Å². The Morgan fingerprint density at radius 3 is 2.52 bits per heavy atom. The zero-order valence-corrected chi connectivity index (χ0v) is 15.0. The molecule has 5 nitrogen and oxygen atoms in total. The summed E-state index contributed by atoms with van der Waals surface area (Å²) in [5.74, 6) is -0.324. The highest BCUT2D eigenvalue weighted by atomic mass is 19.1. The van der Waals surface area contributed by atoms with E-state index in [9.17, 15) is 14.0 Å². The molecular formula is C19H27FN2O3. The fraction of sp³-hybridized carbons (Fsp3) is 0.579. The van der Waals surface area contributed by atoms with Crippen LogP contribution in [0.4, 0.5) is 4.39 Å². The highest BCUT2D eigenvalue weighted by Crippen LogP contribution is 2.13. The number of amides is 2. The van der Waals surface area contributed by atoms with Crippen LogP contribution in [0.15, 0.2) is 24.3 Å². The number of benzene rings is 1. The zero-order valence-electron chi connectivity index (χ0n) is 15.0. The standard InChI is InChI=1S/C19H27FN2O3/c1-15(2)14-25-13-8-18(23)21-9-5-10-22(12-11-21)19(24)16-6-3-4-7-17(16)20/h3-4,6-7,15H,5,8-14H2,1-2H3. The van der Waals surface area contributed by atoms with Crippen LogP contribution in [-0.2, 0) is 9.53 Å². The van der Waals surface area contributed by atoms with Crippen LogP contribution >= 0.6 is 0 Å². The third-order valence-electron chi connectivity index (χ3n) is 4.15. The van der Waals surface area contributed by atoms with E-state index in [1.807, 2.05) is 0 Å². The molecule has 25 heavy (non-hydrogen) atoms. The van der Waals surface area contributed by atoms with Crippen molar-refractivity contribution in [3.05, 3.63) is 35.6 Å². The van der Waals surface area contributed by atoms with E-state index in [1.54, 1.807) is 21.9 Å². The molecule has 1 fully saturated rings. The predicted molar refractivity (Wildman–Crippen MR) is 93.8 cm³/mol. The van der Waals surface area contributed by atoms with Gasteiger partial charge in [0.05, 0.1) is 18.6 Å². The fourth-order valence-electron chi connectivity index (χ4n) is 2.81. The Balaban J connectivity index is 1.84. The number of carbonyl (C=O) groups excluding carboxylic acids is 2. The van der Waals surface area contributed by atoms with Crippen LogP contribution in [0.5, 0.6) is 0 Å². The summed E-state index contributed by atoms with van der Waals surface area (Å²) >= 11 is 0. The molecule has 6 heteroatoms. The van der Waals surface area contributed by atoms with Gasteiger partial charge in [-0.15, -0.1) is 0 Å². The average molecular weight is 350 g/mol. The van der Waals surface area contributed by atoms with Crippen molar-refractivity contribution < 1.29 is 18.7 Å². The number of rotatable bonds is 6. The second kappa shape index (κ2) is 9.51. The van der Waals surface area contributed by atoms with Crippen LogP contribution in [-0.4, -0.2) is 61.0 Å². The minimum absolute atomic E-state index is 0.0453. The van der Waals surface area contributed by atoms with Crippen molar-refractivity contribution in [2.75, 3.05) is 39.4 Å². The molecule has 0 saturated carbocycles. The van der Waals surface area contributed by atoms with Crippen molar-refractivity contribution in [1.82, 2.24) is 9.80 Å². The van der Waals surface area contributed by atoms with Gasteiger partial charge in [-0.05, 0) is 24.5 Å². The average Bonchev–Trinajstić information content (AvgIpc) is 2.84. The molecule has 0 bridgehead atoms. The van der Waals surface area contributed by atoms with Gasteiger partial charge in [0.25, 0.3) is 5.91 Å². The lowest BCUT2D eigenvalue weighted by molar-refractivity contribution is -0.132. The van der Waals surface area contributed by atoms with E-state index in [4.69, 9.17) is 4.74 Å². The van der Waals surface area contributed by atoms with E-state index >= 15 is 0 Å². The van der Waals surface area contributed by atoms with E-state index in [0.29, 0.717) is 58.2 Å². The maximum atomic E-state index is 13.8. The number of hydrogen-bond acceptors (Lipinski definition) is 3. The molecule has 2 rings (SSSR count). The van der Waals surface area contributed by atoms with E-state index in [1.165, 1.54) is 12.1 Å². The lowest BCUT2D eigenvalue weighted by Gasteiger charge is -2.22. The quantitative estimate of drug-likeness (QED) is 0.741. The number of carbonyl (C=O) groups is 2. The summed E-state index contributed by atoms with van der Waals surface area (Å²) in [6.45, 7) is 7.25. The lowest BCUT2D eigenvalue weighted by atomic mass is 10.2. The van der Waals surface area contributed by atoms with Crippen molar-refractivity contribution in [3.63, 3.8) is 0 Å². The maximum Gasteiger partial charge on any atom is 0.256 e. The molecule has 1 heterocycles. The van der Waals surface area contributed by atoms with E-state index in [2.05, 4.69) is 13.8 Å². The molecule has 1 aliphatic rings. The van der Waals surface area contributed by atoms with Gasteiger partial charge in [-0.1, -0.05) is 26.0 Å². The van der Waals surface area contributed by atoms with Gasteiger partial charge in [-0.2, -0.15) is 0 Å². The van der Waals surface area contributed by atoms with E-state index < -0.39 is 5.82 Å². The van der Waals surface area contributed by atoms with Gasteiger partial charge in [0.1, 0.15) is 5.82 Å². The Kier molecular flexibility index (Phi) is 7.37. The summed E-state index contributed by atoms with van der Waals surface area (Å²) < 4.78 is 19.3. The topological polar surface area (TPSA) is 49.9 Å². The first-order valence-corrected chi connectivity index (χ1v) is 8.88. The Bertz CT molecular complexity index is 592. The van der Waals surface area contributed by atoms with E-state index in [-0.39, 0.29) is 17.4 Å². The van der Waals surface area contributed by atoms with Crippen LogP contribution in [0.1, 0.15) is 37.0 Å². The van der Waals surface area contributed by atoms with Crippen molar-refractivity contribution in [2.45, 2.75) is 26.7 Å². The van der Waals surface area contributed by atoms with Gasteiger partial charge in [0.2, 0.25) is 5.91 Å². The smallest absolute Gasteiger partial charge is 0.256 e. The van der Waals surface area contributed by atoms with Crippen molar-refractivity contribution in [2.24, 2.45) is 5.92 Å². The molecule has 1 aromatic rings. The molecule has 1 aliphatic heterocycles. The van der Waals surface area contributed by atoms with E-state index in [0.717, 1.165) is 0 Å². The number of nitrogens with zero attached hydrogens (tertiary/aromatic N) is 2. The molecule has 0 aliphatic carbocycles. The molecule has 1 saturated heterocycles. The molecule has 0 unspecified atom stereocenters. The third kappa shape index (κ3) is 5.81. The van der Waals surface area contributed by atoms with Gasteiger partial charge in [-0.3, -0.25) is 9.59 Å². The zero-order chi connectivity index (χ0) is 18.2. The monoisotopic (exact) mass is 350 g/mol. The Morgan fingerprint density at radius 2 is 1.80 bits per heavy atom. The van der Waals surface area contributed by atoms with Gasteiger partial charge < -0.3 is 14.5 Å². The van der Waals surface area contributed by atoms with Crippen LogP contribution < -0.4 is 0 Å². The molecule has 0 N–H and O–H groups in total. The molecule has 0 radical (unpaired) electrons. The first-order valence-electron chi connectivity index (χ1n) is 8.88. The molecular weight excluding hydrogens is 323 g/mol. The third-order valence-corrected chi connectivity index (χ3v) is 4.15. The largest absolute Gasteiger partial charge is 0.381 e. The molecule has 138 valence electrons. The van der Waals surface area contributed by atoms with Crippen LogP contribution in [0, 0.1) is 11.7 Å². The minimum atomic E-state index is -0.507. The Morgan fingerprint density at radius 1 is 1.12 bits per heavy atom. The summed E-state index contributed by atoms with van der Waals surface area (Å²) in [7, 11) is 0. The number of hydrogen-bond donors (Lipinski definition) is 0. The maximum absolute atomic E-state index is 13.8. The summed E-state index contributed by atoms with van der Waals surface area (Å²) in [5.41, 5.74) is 0.0874. The highest BCUT2D eigenvalue weighted by molar-refractivity contribution is 5.94. The van der Waals surface area contributed by atoms with Gasteiger partial charge in [-0.25, -0.2) is 4.39 Å². The second-order valence-corrected chi connectivity index (χ2v) is 6.73. The Hall–Kier alpha value is -1.95. The number of halogens is 1.